The van der Waals surface area contributed by atoms with Crippen molar-refractivity contribution in [3.63, 3.8) is 0 Å². The predicted molar refractivity (Wildman–Crippen MR) is 97.9 cm³/mol. The van der Waals surface area contributed by atoms with Crippen molar-refractivity contribution in [1.29, 1.82) is 0 Å². The van der Waals surface area contributed by atoms with E-state index in [-0.39, 0.29) is 28.8 Å². The van der Waals surface area contributed by atoms with Gasteiger partial charge in [0.1, 0.15) is 0 Å². The smallest absolute Gasteiger partial charge is 0.314 e. The van der Waals surface area contributed by atoms with Gasteiger partial charge in [0.15, 0.2) is 0 Å². The average Bonchev–Trinajstić information content (AvgIpc) is 2.38. The van der Waals surface area contributed by atoms with E-state index in [1.165, 1.54) is 0 Å². The summed E-state index contributed by atoms with van der Waals surface area (Å²) in [4.78, 5) is 25.5. The molecule has 0 aromatic heterocycles. The number of rotatable bonds is 7. The van der Waals surface area contributed by atoms with Crippen molar-refractivity contribution in [2.75, 3.05) is 33.7 Å². The molecule has 1 fully saturated rings. The van der Waals surface area contributed by atoms with Crippen LogP contribution in [-0.2, 0) is 4.79 Å². The van der Waals surface area contributed by atoms with E-state index in [4.69, 9.17) is 0 Å². The summed E-state index contributed by atoms with van der Waals surface area (Å²) in [5, 5.41) is 8.99. The van der Waals surface area contributed by atoms with Crippen molar-refractivity contribution in [1.82, 2.24) is 20.9 Å². The van der Waals surface area contributed by atoms with Gasteiger partial charge < -0.3 is 20.9 Å². The van der Waals surface area contributed by atoms with Crippen LogP contribution in [0.15, 0.2) is 0 Å². The molecule has 0 aromatic carbocycles. The van der Waals surface area contributed by atoms with Gasteiger partial charge >= 0.3 is 6.03 Å². The van der Waals surface area contributed by atoms with Crippen molar-refractivity contribution >= 4 is 11.9 Å². The number of carbonyl (C=O) groups is 2. The maximum atomic E-state index is 12.0. The van der Waals surface area contributed by atoms with Crippen LogP contribution in [-0.4, -0.2) is 56.6 Å². The zero-order valence-electron chi connectivity index (χ0n) is 16.3. The molecule has 0 aliphatic heterocycles. The highest BCUT2D eigenvalue weighted by Gasteiger charge is 2.41. The molecule has 24 heavy (non-hydrogen) atoms. The van der Waals surface area contributed by atoms with Gasteiger partial charge in [-0.2, -0.15) is 0 Å². The molecule has 0 heterocycles. The number of nitrogens with zero attached hydrogens (tertiary/aromatic N) is 1. The van der Waals surface area contributed by atoms with Crippen LogP contribution in [0.2, 0.25) is 0 Å². The minimum absolute atomic E-state index is 0.00412. The highest BCUT2D eigenvalue weighted by atomic mass is 16.2. The molecular weight excluding hydrogens is 304 g/mol. The van der Waals surface area contributed by atoms with E-state index < -0.39 is 0 Å². The van der Waals surface area contributed by atoms with E-state index in [0.717, 1.165) is 32.2 Å². The number of nitrogens with one attached hydrogen (secondary N) is 3. The van der Waals surface area contributed by atoms with Crippen LogP contribution in [0.5, 0.6) is 0 Å². The van der Waals surface area contributed by atoms with Gasteiger partial charge in [0.25, 0.3) is 0 Å². The maximum Gasteiger partial charge on any atom is 0.314 e. The first kappa shape index (κ1) is 20.7. The lowest BCUT2D eigenvalue weighted by Crippen LogP contribution is -2.51. The Bertz CT molecular complexity index is 437. The topological polar surface area (TPSA) is 73.5 Å². The third kappa shape index (κ3) is 7.99. The molecule has 0 aromatic rings. The molecule has 6 heteroatoms. The summed E-state index contributed by atoms with van der Waals surface area (Å²) in [5.74, 6) is 0.0200. The zero-order chi connectivity index (χ0) is 18.4. The van der Waals surface area contributed by atoms with Crippen molar-refractivity contribution in [2.24, 2.45) is 10.8 Å². The van der Waals surface area contributed by atoms with Crippen LogP contribution in [0.4, 0.5) is 4.79 Å². The van der Waals surface area contributed by atoms with E-state index in [1.54, 1.807) is 6.92 Å². The molecule has 6 nitrogen and oxygen atoms in total. The predicted octanol–water partition coefficient (Wildman–Crippen LogP) is 1.96. The van der Waals surface area contributed by atoms with Crippen LogP contribution in [0.25, 0.3) is 0 Å². The third-order valence-corrected chi connectivity index (χ3v) is 4.59. The summed E-state index contributed by atoms with van der Waals surface area (Å²) in [7, 11) is 4.05. The number of amides is 3. The Balaban J connectivity index is 2.45. The Morgan fingerprint density at radius 3 is 2.38 bits per heavy atom. The van der Waals surface area contributed by atoms with Crippen molar-refractivity contribution in [2.45, 2.75) is 59.4 Å². The van der Waals surface area contributed by atoms with Crippen LogP contribution in [0.1, 0.15) is 53.4 Å². The Labute approximate surface area is 147 Å². The van der Waals surface area contributed by atoms with Crippen LogP contribution < -0.4 is 16.0 Å². The highest BCUT2D eigenvalue weighted by Crippen LogP contribution is 2.45. The second-order valence-electron chi connectivity index (χ2n) is 8.72. The molecule has 1 saturated carbocycles. The fourth-order valence-corrected chi connectivity index (χ4v) is 4.11. The van der Waals surface area contributed by atoms with E-state index in [0.29, 0.717) is 13.1 Å². The Morgan fingerprint density at radius 1 is 1.12 bits per heavy atom. The van der Waals surface area contributed by atoms with Gasteiger partial charge in [0.2, 0.25) is 5.91 Å². The van der Waals surface area contributed by atoms with Crippen LogP contribution in [0.3, 0.4) is 0 Å². The van der Waals surface area contributed by atoms with E-state index >= 15 is 0 Å². The summed E-state index contributed by atoms with van der Waals surface area (Å²) in [6.07, 6.45) is 3.86. The molecule has 2 atom stereocenters. The Hall–Kier alpha value is -1.30. The van der Waals surface area contributed by atoms with Crippen LogP contribution in [0, 0.1) is 10.8 Å². The maximum absolute atomic E-state index is 12.0. The first-order chi connectivity index (χ1) is 11.0. The second-order valence-corrected chi connectivity index (χ2v) is 8.72. The molecule has 0 bridgehead atoms. The van der Waals surface area contributed by atoms with Gasteiger partial charge in [-0.25, -0.2) is 4.79 Å². The fourth-order valence-electron chi connectivity index (χ4n) is 4.11. The van der Waals surface area contributed by atoms with Gasteiger partial charge in [-0.05, 0) is 57.2 Å². The molecule has 0 saturated heterocycles. The van der Waals surface area contributed by atoms with Gasteiger partial charge in [-0.1, -0.05) is 20.8 Å². The van der Waals surface area contributed by atoms with Crippen molar-refractivity contribution in [3.05, 3.63) is 0 Å². The number of hydrogen-bond acceptors (Lipinski definition) is 3. The first-order valence-corrected chi connectivity index (χ1v) is 8.95. The minimum atomic E-state index is -0.102. The molecule has 1 rings (SSSR count). The number of hydrogen-bond donors (Lipinski definition) is 3. The molecular formula is C18H36N4O2. The number of carbonyl (C=O) groups excluding carboxylic acids is 2. The standard InChI is InChI=1S/C18H36N4O2/c1-14(23)21-15-10-17(2,3)12-18(4,11-15)13-20-16(24)19-8-7-9-22(5)6/h15H,7-13H2,1-6H3,(H,21,23)(H2,19,20,24). The summed E-state index contributed by atoms with van der Waals surface area (Å²) < 4.78 is 0. The van der Waals surface area contributed by atoms with Gasteiger partial charge in [0, 0.05) is 26.1 Å². The Kier molecular flexibility index (Phi) is 7.52. The van der Waals surface area contributed by atoms with Crippen LogP contribution >= 0.6 is 0 Å². The normalized spacial score (nSPS) is 26.0. The molecule has 3 amide bonds. The lowest BCUT2D eigenvalue weighted by atomic mass is 9.62. The fraction of sp³-hybridized carbons (Fsp3) is 0.889. The van der Waals surface area contributed by atoms with E-state index in [9.17, 15) is 9.59 Å². The zero-order valence-corrected chi connectivity index (χ0v) is 16.3. The van der Waals surface area contributed by atoms with Gasteiger partial charge in [-0.15, -0.1) is 0 Å². The first-order valence-electron chi connectivity index (χ1n) is 8.95. The summed E-state index contributed by atoms with van der Waals surface area (Å²) in [6, 6.07) is 0.0793. The average molecular weight is 341 g/mol. The van der Waals surface area contributed by atoms with Crippen molar-refractivity contribution < 1.29 is 9.59 Å². The van der Waals surface area contributed by atoms with E-state index in [1.807, 2.05) is 14.1 Å². The molecule has 1 aliphatic rings. The van der Waals surface area contributed by atoms with E-state index in [2.05, 4.69) is 41.6 Å². The molecule has 3 N–H and O–H groups in total. The van der Waals surface area contributed by atoms with Gasteiger partial charge in [0.05, 0.1) is 0 Å². The lowest BCUT2D eigenvalue weighted by molar-refractivity contribution is -0.120. The largest absolute Gasteiger partial charge is 0.354 e. The second kappa shape index (κ2) is 8.70. The summed E-state index contributed by atoms with van der Waals surface area (Å²) in [5.41, 5.74) is 0.153. The SMILES string of the molecule is CC(=O)NC1CC(C)(C)CC(C)(CNC(=O)NCCCN(C)C)C1. The Morgan fingerprint density at radius 2 is 1.79 bits per heavy atom. The molecule has 140 valence electrons. The van der Waals surface area contributed by atoms with Crippen molar-refractivity contribution in [3.8, 4) is 0 Å². The molecule has 2 unspecified atom stereocenters. The summed E-state index contributed by atoms with van der Waals surface area (Å²) >= 11 is 0. The van der Waals surface area contributed by atoms with Gasteiger partial charge in [-0.3, -0.25) is 4.79 Å². The lowest BCUT2D eigenvalue weighted by Gasteiger charge is -2.46. The molecule has 0 radical (unpaired) electrons. The molecule has 0 spiro atoms. The third-order valence-electron chi connectivity index (χ3n) is 4.59. The highest BCUT2D eigenvalue weighted by molar-refractivity contribution is 5.74. The minimum Gasteiger partial charge on any atom is -0.354 e. The summed E-state index contributed by atoms with van der Waals surface area (Å²) in [6.45, 7) is 10.5. The molecule has 1 aliphatic carbocycles. The monoisotopic (exact) mass is 340 g/mol. The number of urea groups is 1. The quantitative estimate of drug-likeness (QED) is 0.620.